The van der Waals surface area contributed by atoms with Crippen molar-refractivity contribution in [1.82, 2.24) is 4.31 Å². The molecule has 3 rings (SSSR count). The molecule has 29 heavy (non-hydrogen) atoms. The van der Waals surface area contributed by atoms with Crippen molar-refractivity contribution in [3.8, 4) is 11.5 Å². The van der Waals surface area contributed by atoms with E-state index in [0.29, 0.717) is 25.4 Å². The van der Waals surface area contributed by atoms with Crippen molar-refractivity contribution in [2.45, 2.75) is 31.3 Å². The smallest absolute Gasteiger partial charge is 0.338 e. The lowest BCUT2D eigenvalue weighted by Gasteiger charge is -2.18. The summed E-state index contributed by atoms with van der Waals surface area (Å²) in [5.74, 6) is 0.238. The Hall–Kier alpha value is -2.58. The first-order valence-corrected chi connectivity index (χ1v) is 11.0. The molecule has 0 radical (unpaired) electrons. The Morgan fingerprint density at radius 3 is 2.48 bits per heavy atom. The fourth-order valence-corrected chi connectivity index (χ4v) is 4.92. The molecule has 2 aromatic rings. The molecule has 0 bridgehead atoms. The lowest BCUT2D eigenvalue weighted by Crippen LogP contribution is -2.28. The van der Waals surface area contributed by atoms with E-state index in [-0.39, 0.29) is 22.8 Å². The Morgan fingerprint density at radius 2 is 1.79 bits per heavy atom. The summed E-state index contributed by atoms with van der Waals surface area (Å²) >= 11 is 0. The average molecular weight is 419 g/mol. The monoisotopic (exact) mass is 419 g/mol. The molecule has 0 unspecified atom stereocenters. The molecule has 0 aromatic heterocycles. The third-order valence-corrected chi connectivity index (χ3v) is 6.63. The predicted molar refractivity (Wildman–Crippen MR) is 108 cm³/mol. The molecule has 0 amide bonds. The highest BCUT2D eigenvalue weighted by atomic mass is 32.2. The Labute approximate surface area is 171 Å². The van der Waals surface area contributed by atoms with Crippen LogP contribution in [0.15, 0.2) is 47.4 Å². The largest absolute Gasteiger partial charge is 0.495 e. The summed E-state index contributed by atoms with van der Waals surface area (Å²) in [7, 11) is -2.33. The van der Waals surface area contributed by atoms with E-state index < -0.39 is 16.0 Å². The number of rotatable bonds is 8. The summed E-state index contributed by atoms with van der Waals surface area (Å²) in [5, 5.41) is 0. The molecular formula is C21H25NO6S. The van der Waals surface area contributed by atoms with E-state index in [1.54, 1.807) is 6.07 Å². The van der Waals surface area contributed by atoms with Gasteiger partial charge < -0.3 is 14.2 Å². The summed E-state index contributed by atoms with van der Waals surface area (Å²) < 4.78 is 43.5. The van der Waals surface area contributed by atoms with Crippen LogP contribution in [0, 0.1) is 0 Å². The number of carbonyl (C=O) groups excluding carboxylic acids is 1. The third kappa shape index (κ3) is 4.71. The van der Waals surface area contributed by atoms with Crippen LogP contribution >= 0.6 is 0 Å². The fraction of sp³-hybridized carbons (Fsp3) is 0.381. The lowest BCUT2D eigenvalue weighted by molar-refractivity contribution is 0.0469. The van der Waals surface area contributed by atoms with Crippen LogP contribution in [-0.2, 0) is 21.4 Å². The normalized spacial score (nSPS) is 14.6. The van der Waals surface area contributed by atoms with Crippen molar-refractivity contribution >= 4 is 16.0 Å². The standard InChI is InChI=1S/C21H25NO6S/c1-3-27-18-9-5-4-8-17(18)15-28-21(23)16-10-11-19(26-2)20(14-16)29(24,25)22-12-6-7-13-22/h4-5,8-11,14H,3,6-7,12-13,15H2,1-2H3. The Kier molecular flexibility index (Phi) is 6.76. The minimum atomic E-state index is -3.74. The quantitative estimate of drug-likeness (QED) is 0.611. The van der Waals surface area contributed by atoms with Gasteiger partial charge in [-0.3, -0.25) is 0 Å². The number of methoxy groups -OCH3 is 1. The summed E-state index contributed by atoms with van der Waals surface area (Å²) in [6.07, 6.45) is 1.64. The molecule has 1 fully saturated rings. The van der Waals surface area contributed by atoms with E-state index in [9.17, 15) is 13.2 Å². The molecule has 0 atom stereocenters. The third-order valence-electron chi connectivity index (χ3n) is 4.71. The molecular weight excluding hydrogens is 394 g/mol. The van der Waals surface area contributed by atoms with Crippen molar-refractivity contribution < 1.29 is 27.4 Å². The molecule has 0 saturated carbocycles. The van der Waals surface area contributed by atoms with Gasteiger partial charge in [0.05, 0.1) is 19.3 Å². The van der Waals surface area contributed by atoms with Crippen molar-refractivity contribution in [3.05, 3.63) is 53.6 Å². The highest BCUT2D eigenvalue weighted by Gasteiger charge is 2.30. The van der Waals surface area contributed by atoms with Crippen LogP contribution in [0.3, 0.4) is 0 Å². The van der Waals surface area contributed by atoms with Crippen LogP contribution in [0.2, 0.25) is 0 Å². The van der Waals surface area contributed by atoms with Gasteiger partial charge in [0.15, 0.2) is 0 Å². The van der Waals surface area contributed by atoms with Gasteiger partial charge in [-0.1, -0.05) is 18.2 Å². The zero-order valence-electron chi connectivity index (χ0n) is 16.6. The Balaban J connectivity index is 1.81. The Bertz CT molecular complexity index is 967. The predicted octanol–water partition coefficient (Wildman–Crippen LogP) is 3.24. The maximum absolute atomic E-state index is 13.0. The van der Waals surface area contributed by atoms with Crippen LogP contribution in [0.5, 0.6) is 11.5 Å². The first-order chi connectivity index (χ1) is 14.0. The van der Waals surface area contributed by atoms with E-state index in [1.165, 1.54) is 29.6 Å². The molecule has 2 aromatic carbocycles. The molecule has 1 saturated heterocycles. The number of esters is 1. The van der Waals surface area contributed by atoms with Crippen molar-refractivity contribution in [2.24, 2.45) is 0 Å². The van der Waals surface area contributed by atoms with E-state index in [1.807, 2.05) is 25.1 Å². The second kappa shape index (κ2) is 9.28. The summed E-state index contributed by atoms with van der Waals surface area (Å²) in [5.41, 5.74) is 0.888. The van der Waals surface area contributed by atoms with E-state index in [2.05, 4.69) is 0 Å². The number of hydrogen-bond donors (Lipinski definition) is 0. The molecule has 7 nitrogen and oxygen atoms in total. The molecule has 1 aliphatic heterocycles. The minimum absolute atomic E-state index is 0.0222. The minimum Gasteiger partial charge on any atom is -0.495 e. The number of para-hydroxylation sites is 1. The lowest BCUT2D eigenvalue weighted by atomic mass is 10.2. The second-order valence-corrected chi connectivity index (χ2v) is 8.50. The van der Waals surface area contributed by atoms with Crippen LogP contribution in [0.4, 0.5) is 0 Å². The Morgan fingerprint density at radius 1 is 1.07 bits per heavy atom. The van der Waals surface area contributed by atoms with Gasteiger partial charge in [0.25, 0.3) is 0 Å². The van der Waals surface area contributed by atoms with Crippen LogP contribution < -0.4 is 9.47 Å². The summed E-state index contributed by atoms with van der Waals surface area (Å²) in [6, 6.07) is 11.6. The maximum Gasteiger partial charge on any atom is 0.338 e. The van der Waals surface area contributed by atoms with Crippen LogP contribution in [0.25, 0.3) is 0 Å². The van der Waals surface area contributed by atoms with Gasteiger partial charge in [-0.05, 0) is 44.0 Å². The van der Waals surface area contributed by atoms with Gasteiger partial charge in [0, 0.05) is 18.7 Å². The second-order valence-electron chi connectivity index (χ2n) is 6.59. The van der Waals surface area contributed by atoms with E-state index >= 15 is 0 Å². The van der Waals surface area contributed by atoms with Crippen LogP contribution in [0.1, 0.15) is 35.7 Å². The number of sulfonamides is 1. The number of ether oxygens (including phenoxy) is 3. The average Bonchev–Trinajstić information content (AvgIpc) is 3.28. The van der Waals surface area contributed by atoms with E-state index in [4.69, 9.17) is 14.2 Å². The summed E-state index contributed by atoms with van der Waals surface area (Å²) in [6.45, 7) is 3.33. The number of nitrogens with zero attached hydrogens (tertiary/aromatic N) is 1. The topological polar surface area (TPSA) is 82.1 Å². The molecule has 0 N–H and O–H groups in total. The molecule has 8 heteroatoms. The molecule has 0 aliphatic carbocycles. The highest BCUT2D eigenvalue weighted by molar-refractivity contribution is 7.89. The van der Waals surface area contributed by atoms with Gasteiger partial charge in [0.1, 0.15) is 23.0 Å². The molecule has 156 valence electrons. The molecule has 1 heterocycles. The zero-order chi connectivity index (χ0) is 20.9. The molecule has 1 aliphatic rings. The van der Waals surface area contributed by atoms with Crippen molar-refractivity contribution in [1.29, 1.82) is 0 Å². The van der Waals surface area contributed by atoms with Gasteiger partial charge in [-0.25, -0.2) is 13.2 Å². The van der Waals surface area contributed by atoms with E-state index in [0.717, 1.165) is 18.4 Å². The van der Waals surface area contributed by atoms with Gasteiger partial charge in [-0.15, -0.1) is 0 Å². The van der Waals surface area contributed by atoms with Gasteiger partial charge >= 0.3 is 5.97 Å². The van der Waals surface area contributed by atoms with Crippen molar-refractivity contribution in [3.63, 3.8) is 0 Å². The van der Waals surface area contributed by atoms with Crippen molar-refractivity contribution in [2.75, 3.05) is 26.8 Å². The fourth-order valence-electron chi connectivity index (χ4n) is 3.22. The van der Waals surface area contributed by atoms with Gasteiger partial charge in [-0.2, -0.15) is 4.31 Å². The first-order valence-electron chi connectivity index (χ1n) is 9.53. The maximum atomic E-state index is 13.0. The molecule has 0 spiro atoms. The summed E-state index contributed by atoms with van der Waals surface area (Å²) in [4.78, 5) is 12.6. The van der Waals surface area contributed by atoms with Crippen LogP contribution in [-0.4, -0.2) is 45.5 Å². The SMILES string of the molecule is CCOc1ccccc1COC(=O)c1ccc(OC)c(S(=O)(=O)N2CCCC2)c1. The first kappa shape index (κ1) is 21.1. The zero-order valence-corrected chi connectivity index (χ0v) is 17.4. The highest BCUT2D eigenvalue weighted by Crippen LogP contribution is 2.30. The number of hydrogen-bond acceptors (Lipinski definition) is 6. The number of carbonyl (C=O) groups is 1. The van der Waals surface area contributed by atoms with Gasteiger partial charge in [0.2, 0.25) is 10.0 Å². The number of benzene rings is 2.